The number of fused-ring (bicyclic) bond motifs is 3. The van der Waals surface area contributed by atoms with Gasteiger partial charge in [-0.05, 0) is 19.1 Å². The van der Waals surface area contributed by atoms with Gasteiger partial charge in [-0.1, -0.05) is 12.1 Å². The second-order valence-corrected chi connectivity index (χ2v) is 5.65. The van der Waals surface area contributed by atoms with E-state index in [1.165, 1.54) is 16.7 Å². The molecule has 7 heteroatoms. The first-order chi connectivity index (χ1) is 10.3. The van der Waals surface area contributed by atoms with E-state index in [4.69, 9.17) is 4.74 Å². The molecule has 1 saturated heterocycles. The average Bonchev–Trinajstić information content (AvgIpc) is 3.02. The van der Waals surface area contributed by atoms with E-state index in [1.54, 1.807) is 0 Å². The van der Waals surface area contributed by atoms with Crippen LogP contribution in [0.5, 0.6) is 0 Å². The molecule has 0 spiro atoms. The molecule has 4 rings (SSSR count). The van der Waals surface area contributed by atoms with Gasteiger partial charge in [-0.25, -0.2) is 4.52 Å². The molecule has 5 nitrogen and oxygen atoms in total. The van der Waals surface area contributed by atoms with Gasteiger partial charge in [0, 0.05) is 32.2 Å². The molecule has 0 N–H and O–H groups in total. The highest BCUT2D eigenvalue weighted by molar-refractivity contribution is 5.85. The lowest BCUT2D eigenvalue weighted by Crippen LogP contribution is -2.38. The van der Waals surface area contributed by atoms with E-state index in [1.807, 2.05) is 6.92 Å². The van der Waals surface area contributed by atoms with Crippen LogP contribution >= 0.6 is 24.8 Å². The third-order valence-corrected chi connectivity index (χ3v) is 4.23. The SMILES string of the molecule is Cc1cc2n(CCN3CCOCC3)c3ccccc3n2n1.Cl.Cl. The summed E-state index contributed by atoms with van der Waals surface area (Å²) in [7, 11) is 0. The summed E-state index contributed by atoms with van der Waals surface area (Å²) in [5, 5.41) is 4.62. The van der Waals surface area contributed by atoms with Gasteiger partial charge in [-0.3, -0.25) is 4.90 Å². The molecule has 1 aromatic carbocycles. The van der Waals surface area contributed by atoms with Gasteiger partial charge in [0.05, 0.1) is 29.9 Å². The van der Waals surface area contributed by atoms with Crippen LogP contribution in [0.1, 0.15) is 5.69 Å². The van der Waals surface area contributed by atoms with Crippen LogP contribution in [-0.2, 0) is 11.3 Å². The van der Waals surface area contributed by atoms with Crippen LogP contribution in [0.25, 0.3) is 16.7 Å². The molecule has 3 aromatic rings. The summed E-state index contributed by atoms with van der Waals surface area (Å²) in [5.74, 6) is 0. The Hall–Kier alpha value is -1.27. The number of benzene rings is 1. The van der Waals surface area contributed by atoms with E-state index in [2.05, 4.69) is 49.4 Å². The van der Waals surface area contributed by atoms with Crippen LogP contribution in [0, 0.1) is 6.92 Å². The molecule has 1 aliphatic rings. The fourth-order valence-electron chi connectivity index (χ4n) is 3.15. The number of hydrogen-bond acceptors (Lipinski definition) is 3. The molecule has 23 heavy (non-hydrogen) atoms. The molecule has 0 atom stereocenters. The van der Waals surface area contributed by atoms with Gasteiger partial charge >= 0.3 is 0 Å². The third-order valence-electron chi connectivity index (χ3n) is 4.23. The number of nitrogens with zero attached hydrogens (tertiary/aromatic N) is 4. The maximum absolute atomic E-state index is 5.42. The highest BCUT2D eigenvalue weighted by atomic mass is 35.5. The fourth-order valence-corrected chi connectivity index (χ4v) is 3.15. The Morgan fingerprint density at radius 2 is 1.74 bits per heavy atom. The molecule has 1 fully saturated rings. The predicted molar refractivity (Wildman–Crippen MR) is 97.2 cm³/mol. The zero-order valence-electron chi connectivity index (χ0n) is 13.1. The quantitative estimate of drug-likeness (QED) is 0.723. The van der Waals surface area contributed by atoms with Crippen molar-refractivity contribution in [2.45, 2.75) is 13.5 Å². The highest BCUT2D eigenvalue weighted by Crippen LogP contribution is 2.21. The average molecular weight is 357 g/mol. The van der Waals surface area contributed by atoms with Gasteiger partial charge in [0.15, 0.2) is 0 Å². The number of morpholine rings is 1. The second kappa shape index (κ2) is 7.53. The minimum atomic E-state index is 0. The lowest BCUT2D eigenvalue weighted by molar-refractivity contribution is 0.0366. The predicted octanol–water partition coefficient (Wildman–Crippen LogP) is 2.77. The number of rotatable bonds is 3. The van der Waals surface area contributed by atoms with Crippen molar-refractivity contribution < 1.29 is 4.74 Å². The second-order valence-electron chi connectivity index (χ2n) is 5.65. The molecule has 0 aliphatic carbocycles. The van der Waals surface area contributed by atoms with Crippen molar-refractivity contribution >= 4 is 41.5 Å². The number of aryl methyl sites for hydroxylation is 1. The first-order valence-corrected chi connectivity index (χ1v) is 7.56. The summed E-state index contributed by atoms with van der Waals surface area (Å²) in [6.07, 6.45) is 0. The molecule has 0 saturated carbocycles. The molecule has 126 valence electrons. The number of aromatic nitrogens is 3. The van der Waals surface area contributed by atoms with Crippen LogP contribution < -0.4 is 0 Å². The topological polar surface area (TPSA) is 34.7 Å². The molecule has 2 aromatic heterocycles. The van der Waals surface area contributed by atoms with Gasteiger partial charge < -0.3 is 9.30 Å². The number of halogens is 2. The lowest BCUT2D eigenvalue weighted by atomic mass is 10.3. The number of imidazole rings is 1. The monoisotopic (exact) mass is 356 g/mol. The number of ether oxygens (including phenoxy) is 1. The maximum atomic E-state index is 5.42. The summed E-state index contributed by atoms with van der Waals surface area (Å²) in [5.41, 5.74) is 4.69. The molecule has 1 aliphatic heterocycles. The Morgan fingerprint density at radius 3 is 2.48 bits per heavy atom. The zero-order valence-corrected chi connectivity index (χ0v) is 14.8. The van der Waals surface area contributed by atoms with Gasteiger partial charge in [-0.15, -0.1) is 24.8 Å². The van der Waals surface area contributed by atoms with E-state index in [9.17, 15) is 0 Å². The largest absolute Gasteiger partial charge is 0.379 e. The van der Waals surface area contributed by atoms with Crippen molar-refractivity contribution in [3.63, 3.8) is 0 Å². The number of para-hydroxylation sites is 2. The van der Waals surface area contributed by atoms with Crippen LogP contribution in [0.15, 0.2) is 30.3 Å². The highest BCUT2D eigenvalue weighted by Gasteiger charge is 2.14. The van der Waals surface area contributed by atoms with Gasteiger partial charge in [0.25, 0.3) is 0 Å². The molecule has 0 bridgehead atoms. The molecular formula is C16H22Cl2N4O. The maximum Gasteiger partial charge on any atom is 0.137 e. The van der Waals surface area contributed by atoms with Crippen molar-refractivity contribution in [2.75, 3.05) is 32.8 Å². The summed E-state index contributed by atoms with van der Waals surface area (Å²) < 4.78 is 9.86. The van der Waals surface area contributed by atoms with E-state index >= 15 is 0 Å². The molecule has 0 amide bonds. The summed E-state index contributed by atoms with van der Waals surface area (Å²) in [6, 6.07) is 10.7. The number of hydrogen-bond donors (Lipinski definition) is 0. The van der Waals surface area contributed by atoms with Crippen LogP contribution in [-0.4, -0.2) is 51.9 Å². The van der Waals surface area contributed by atoms with E-state index in [-0.39, 0.29) is 24.8 Å². The third kappa shape index (κ3) is 3.33. The Balaban J connectivity index is 0.000000960. The van der Waals surface area contributed by atoms with Gasteiger partial charge in [0.2, 0.25) is 0 Å². The molecule has 3 heterocycles. The summed E-state index contributed by atoms with van der Waals surface area (Å²) >= 11 is 0. The van der Waals surface area contributed by atoms with Crippen LogP contribution in [0.3, 0.4) is 0 Å². The minimum absolute atomic E-state index is 0. The molecular weight excluding hydrogens is 335 g/mol. The van der Waals surface area contributed by atoms with E-state index < -0.39 is 0 Å². The van der Waals surface area contributed by atoms with E-state index in [0.717, 1.165) is 45.1 Å². The van der Waals surface area contributed by atoms with Crippen LogP contribution in [0.2, 0.25) is 0 Å². The Bertz CT molecular complexity index is 777. The first-order valence-electron chi connectivity index (χ1n) is 7.56. The normalized spacial score (nSPS) is 15.5. The molecule has 0 radical (unpaired) electrons. The molecule has 0 unspecified atom stereocenters. The fraction of sp³-hybridized carbons (Fsp3) is 0.438. The zero-order chi connectivity index (χ0) is 14.2. The van der Waals surface area contributed by atoms with E-state index in [0.29, 0.717) is 0 Å². The first kappa shape index (κ1) is 18.1. The van der Waals surface area contributed by atoms with Crippen molar-refractivity contribution in [3.8, 4) is 0 Å². The van der Waals surface area contributed by atoms with Crippen molar-refractivity contribution in [3.05, 3.63) is 36.0 Å². The summed E-state index contributed by atoms with van der Waals surface area (Å²) in [4.78, 5) is 2.47. The van der Waals surface area contributed by atoms with Crippen LogP contribution in [0.4, 0.5) is 0 Å². The summed E-state index contributed by atoms with van der Waals surface area (Å²) in [6.45, 7) is 7.88. The Morgan fingerprint density at radius 1 is 1.04 bits per heavy atom. The standard InChI is InChI=1S/C16H20N4O.2ClH/c1-13-12-16-19(7-6-18-8-10-21-11-9-18)14-4-2-3-5-15(14)20(16)17-13;;/h2-5,12H,6-11H2,1H3;2*1H. The van der Waals surface area contributed by atoms with Crippen molar-refractivity contribution in [1.82, 2.24) is 19.1 Å². The van der Waals surface area contributed by atoms with Crippen molar-refractivity contribution in [2.24, 2.45) is 0 Å². The van der Waals surface area contributed by atoms with Gasteiger partial charge in [0.1, 0.15) is 5.65 Å². The lowest BCUT2D eigenvalue weighted by Gasteiger charge is -2.26. The van der Waals surface area contributed by atoms with Crippen molar-refractivity contribution in [1.29, 1.82) is 0 Å². The smallest absolute Gasteiger partial charge is 0.137 e. The van der Waals surface area contributed by atoms with Gasteiger partial charge in [-0.2, -0.15) is 5.10 Å². The Kier molecular flexibility index (Phi) is 5.92. The Labute approximate surface area is 148 Å². The minimum Gasteiger partial charge on any atom is -0.379 e.